The van der Waals surface area contributed by atoms with Gasteiger partial charge in [-0.1, -0.05) is 50.6 Å². The lowest BCUT2D eigenvalue weighted by atomic mass is 9.76. The number of aryl methyl sites for hydroxylation is 3. The fourth-order valence-corrected chi connectivity index (χ4v) is 5.63. The average Bonchev–Trinajstić information content (AvgIpc) is 3.53. The Morgan fingerprint density at radius 2 is 1.62 bits per heavy atom. The standard InChI is InChI=1S/C34H41N5O3/c1-21-7-13-27(14-8-21)39-30(20-29(38-39)34(4,5)6)37-33(41)36-26-11-9-24(10-12-26)31(25-15-17-35-18-16-25)32(40)28-19-22(2)42-23(28)3/h7-14,19-20,25,31,35H,15-18H2,1-6H3,(H2,36,37,41). The molecule has 0 radical (unpaired) electrons. The molecule has 5 rings (SSSR count). The van der Waals surface area contributed by atoms with Gasteiger partial charge in [-0.15, -0.1) is 0 Å². The van der Waals surface area contributed by atoms with Crippen LogP contribution in [0.2, 0.25) is 0 Å². The highest BCUT2D eigenvalue weighted by Gasteiger charge is 2.33. The molecule has 0 aliphatic carbocycles. The third-order valence-electron chi connectivity index (χ3n) is 7.97. The number of urea groups is 1. The van der Waals surface area contributed by atoms with E-state index in [2.05, 4.69) is 36.7 Å². The van der Waals surface area contributed by atoms with E-state index in [0.717, 1.165) is 54.2 Å². The molecule has 1 saturated heterocycles. The van der Waals surface area contributed by atoms with E-state index in [9.17, 15) is 9.59 Å². The Morgan fingerprint density at radius 3 is 2.21 bits per heavy atom. The Morgan fingerprint density at radius 1 is 0.952 bits per heavy atom. The van der Waals surface area contributed by atoms with E-state index in [-0.39, 0.29) is 29.1 Å². The van der Waals surface area contributed by atoms with Crippen molar-refractivity contribution in [3.63, 3.8) is 0 Å². The van der Waals surface area contributed by atoms with Crippen LogP contribution in [0, 0.1) is 26.7 Å². The summed E-state index contributed by atoms with van der Waals surface area (Å²) in [7, 11) is 0. The Kier molecular flexibility index (Phi) is 8.36. The fourth-order valence-electron chi connectivity index (χ4n) is 5.63. The van der Waals surface area contributed by atoms with Crippen LogP contribution in [0.3, 0.4) is 0 Å². The van der Waals surface area contributed by atoms with Crippen molar-refractivity contribution >= 4 is 23.3 Å². The van der Waals surface area contributed by atoms with E-state index in [1.807, 2.05) is 81.4 Å². The zero-order valence-corrected chi connectivity index (χ0v) is 25.4. The minimum atomic E-state index is -0.369. The Labute approximate surface area is 247 Å². The number of hydrogen-bond donors (Lipinski definition) is 3. The summed E-state index contributed by atoms with van der Waals surface area (Å²) in [6.07, 6.45) is 1.86. The molecule has 0 bridgehead atoms. The summed E-state index contributed by atoms with van der Waals surface area (Å²) in [6.45, 7) is 13.8. The van der Waals surface area contributed by atoms with Crippen molar-refractivity contribution in [3.05, 3.63) is 94.6 Å². The number of rotatable bonds is 7. The van der Waals surface area contributed by atoms with Crippen molar-refractivity contribution in [2.75, 3.05) is 23.7 Å². The number of carbonyl (C=O) groups is 2. The fraction of sp³-hybridized carbons (Fsp3) is 0.382. The van der Waals surface area contributed by atoms with Crippen LogP contribution in [0.4, 0.5) is 16.3 Å². The van der Waals surface area contributed by atoms with Gasteiger partial charge < -0.3 is 15.1 Å². The number of amides is 2. The smallest absolute Gasteiger partial charge is 0.324 e. The third-order valence-corrected chi connectivity index (χ3v) is 7.97. The van der Waals surface area contributed by atoms with Crippen molar-refractivity contribution in [2.45, 2.75) is 65.7 Å². The number of nitrogens with one attached hydrogen (secondary N) is 3. The molecule has 3 N–H and O–H groups in total. The van der Waals surface area contributed by atoms with Crippen molar-refractivity contribution in [3.8, 4) is 5.69 Å². The largest absolute Gasteiger partial charge is 0.466 e. The molecule has 1 atom stereocenters. The molecule has 3 heterocycles. The van der Waals surface area contributed by atoms with Crippen molar-refractivity contribution in [2.24, 2.45) is 5.92 Å². The van der Waals surface area contributed by atoms with Crippen LogP contribution in [0.1, 0.15) is 78.2 Å². The predicted molar refractivity (Wildman–Crippen MR) is 167 cm³/mol. The number of Topliss-reactive ketones (excluding diaryl/α,β-unsaturated/α-hetero) is 1. The molecule has 0 spiro atoms. The normalized spacial score (nSPS) is 14.9. The zero-order chi connectivity index (χ0) is 30.0. The highest BCUT2D eigenvalue weighted by molar-refractivity contribution is 6.02. The van der Waals surface area contributed by atoms with Gasteiger partial charge in [-0.25, -0.2) is 9.48 Å². The lowest BCUT2D eigenvalue weighted by molar-refractivity contribution is 0.0914. The minimum absolute atomic E-state index is 0.0914. The summed E-state index contributed by atoms with van der Waals surface area (Å²) in [4.78, 5) is 27.0. The molecule has 2 aromatic carbocycles. The molecular weight excluding hydrogens is 526 g/mol. The topological polar surface area (TPSA) is 101 Å². The highest BCUT2D eigenvalue weighted by atomic mass is 16.3. The molecular formula is C34H41N5O3. The molecule has 8 nitrogen and oxygen atoms in total. The van der Waals surface area contributed by atoms with Gasteiger partial charge in [-0.2, -0.15) is 5.10 Å². The summed E-state index contributed by atoms with van der Waals surface area (Å²) in [5, 5.41) is 14.1. The van der Waals surface area contributed by atoms with E-state index in [0.29, 0.717) is 22.8 Å². The minimum Gasteiger partial charge on any atom is -0.466 e. The van der Waals surface area contributed by atoms with Crippen LogP contribution >= 0.6 is 0 Å². The molecule has 0 saturated carbocycles. The number of furan rings is 1. The molecule has 2 amide bonds. The highest BCUT2D eigenvalue weighted by Crippen LogP contribution is 2.36. The maximum Gasteiger partial charge on any atom is 0.324 e. The van der Waals surface area contributed by atoms with Crippen LogP contribution in [-0.2, 0) is 5.41 Å². The number of nitrogens with zero attached hydrogens (tertiary/aromatic N) is 2. The van der Waals surface area contributed by atoms with E-state index < -0.39 is 0 Å². The summed E-state index contributed by atoms with van der Waals surface area (Å²) in [5.41, 5.74) is 4.94. The predicted octanol–water partition coefficient (Wildman–Crippen LogP) is 7.30. The number of ketones is 1. The van der Waals surface area contributed by atoms with Crippen molar-refractivity contribution in [1.82, 2.24) is 15.1 Å². The molecule has 1 unspecified atom stereocenters. The first-order chi connectivity index (χ1) is 20.0. The summed E-state index contributed by atoms with van der Waals surface area (Å²) in [6, 6.07) is 19.1. The number of piperidine rings is 1. The SMILES string of the molecule is Cc1ccc(-n2nc(C(C)(C)C)cc2NC(=O)Nc2ccc(C(C(=O)c3cc(C)oc3C)C3CCNCC3)cc2)cc1. The molecule has 2 aromatic heterocycles. The summed E-state index contributed by atoms with van der Waals surface area (Å²) < 4.78 is 7.45. The number of aromatic nitrogens is 2. The van der Waals surface area contributed by atoms with Gasteiger partial charge >= 0.3 is 6.03 Å². The number of carbonyl (C=O) groups excluding carboxylic acids is 2. The first kappa shape index (κ1) is 29.3. The van der Waals surface area contributed by atoms with Crippen LogP contribution in [0.15, 0.2) is 65.1 Å². The number of hydrogen-bond acceptors (Lipinski definition) is 5. The molecule has 1 aliphatic rings. The lowest BCUT2D eigenvalue weighted by Crippen LogP contribution is -2.33. The molecule has 1 aliphatic heterocycles. The Hall–Kier alpha value is -4.17. The first-order valence-electron chi connectivity index (χ1n) is 14.7. The van der Waals surface area contributed by atoms with Crippen molar-refractivity contribution in [1.29, 1.82) is 0 Å². The van der Waals surface area contributed by atoms with Gasteiger partial charge in [0.25, 0.3) is 0 Å². The second-order valence-electron chi connectivity index (χ2n) is 12.4. The van der Waals surface area contributed by atoms with Gasteiger partial charge in [-0.3, -0.25) is 10.1 Å². The maximum absolute atomic E-state index is 13.8. The first-order valence-corrected chi connectivity index (χ1v) is 14.7. The second-order valence-corrected chi connectivity index (χ2v) is 12.4. The van der Waals surface area contributed by atoms with Gasteiger partial charge in [-0.05, 0) is 88.5 Å². The Balaban J connectivity index is 1.35. The quantitative estimate of drug-likeness (QED) is 0.204. The summed E-state index contributed by atoms with van der Waals surface area (Å²) >= 11 is 0. The molecule has 8 heteroatoms. The van der Waals surface area contributed by atoms with Crippen LogP contribution in [0.5, 0.6) is 0 Å². The second kappa shape index (κ2) is 12.0. The average molecular weight is 568 g/mol. The zero-order valence-electron chi connectivity index (χ0n) is 25.4. The van der Waals surface area contributed by atoms with E-state index in [4.69, 9.17) is 9.52 Å². The maximum atomic E-state index is 13.8. The number of benzene rings is 2. The van der Waals surface area contributed by atoms with Gasteiger partial charge in [0.05, 0.1) is 22.9 Å². The third kappa shape index (κ3) is 6.49. The molecule has 4 aromatic rings. The van der Waals surface area contributed by atoms with Crippen LogP contribution < -0.4 is 16.0 Å². The molecule has 1 fully saturated rings. The van der Waals surface area contributed by atoms with Gasteiger partial charge in [0.2, 0.25) is 0 Å². The molecule has 220 valence electrons. The Bertz CT molecular complexity index is 1550. The van der Waals surface area contributed by atoms with Crippen LogP contribution in [-0.4, -0.2) is 34.7 Å². The van der Waals surface area contributed by atoms with Crippen molar-refractivity contribution < 1.29 is 14.0 Å². The van der Waals surface area contributed by atoms with E-state index in [1.54, 1.807) is 4.68 Å². The molecule has 42 heavy (non-hydrogen) atoms. The number of anilines is 2. The van der Waals surface area contributed by atoms with Crippen LogP contribution in [0.25, 0.3) is 5.69 Å². The lowest BCUT2D eigenvalue weighted by Gasteiger charge is -2.30. The summed E-state index contributed by atoms with van der Waals surface area (Å²) in [5.74, 6) is 2.03. The van der Waals surface area contributed by atoms with Gasteiger partial charge in [0.1, 0.15) is 17.3 Å². The van der Waals surface area contributed by atoms with E-state index >= 15 is 0 Å². The van der Waals surface area contributed by atoms with Gasteiger partial charge in [0, 0.05) is 17.2 Å². The monoisotopic (exact) mass is 567 g/mol. The van der Waals surface area contributed by atoms with E-state index in [1.165, 1.54) is 0 Å². The van der Waals surface area contributed by atoms with Gasteiger partial charge in [0.15, 0.2) is 5.78 Å².